The van der Waals surface area contributed by atoms with Gasteiger partial charge in [0, 0.05) is 24.8 Å². The lowest BCUT2D eigenvalue weighted by Gasteiger charge is -2.38. The normalized spacial score (nSPS) is 24.3. The molecule has 2 aromatic rings. The summed E-state index contributed by atoms with van der Waals surface area (Å²) in [4.78, 5) is 6.93. The predicted molar refractivity (Wildman–Crippen MR) is 102 cm³/mol. The molecule has 2 heterocycles. The highest BCUT2D eigenvalue weighted by molar-refractivity contribution is 5.37. The van der Waals surface area contributed by atoms with Crippen LogP contribution in [0.15, 0.2) is 66.9 Å². The first-order chi connectivity index (χ1) is 12.1. The van der Waals surface area contributed by atoms with Crippen LogP contribution in [0.2, 0.25) is 0 Å². The highest BCUT2D eigenvalue weighted by Crippen LogP contribution is 2.30. The summed E-state index contributed by atoms with van der Waals surface area (Å²) in [6.45, 7) is 5.45. The van der Waals surface area contributed by atoms with E-state index in [1.807, 2.05) is 54.6 Å². The van der Waals surface area contributed by atoms with Gasteiger partial charge in [-0.15, -0.1) is 0 Å². The summed E-state index contributed by atoms with van der Waals surface area (Å²) in [6, 6.07) is 16.6. The van der Waals surface area contributed by atoms with Gasteiger partial charge >= 0.3 is 0 Å². The Bertz CT molecular complexity index is 634. The average Bonchev–Trinajstić information content (AvgIpc) is 2.65. The standard InChI is InChI=1S/C22H28N2O/c1-18-10-8-11-19(2)24(18)17-9-15-22(25,20-12-4-3-5-13-20)21-14-6-7-16-23-21/h3-7,9,12-16,18-19,25H,8,10-11,17H2,1-2H3/b15-9+/t18-,19-,22-/m1/s1. The number of nitrogens with zero attached hydrogens (tertiary/aromatic N) is 2. The van der Waals surface area contributed by atoms with E-state index in [0.29, 0.717) is 17.8 Å². The molecular formula is C22H28N2O. The molecule has 1 aromatic carbocycles. The minimum absolute atomic E-state index is 0.591. The first-order valence-corrected chi connectivity index (χ1v) is 9.24. The minimum atomic E-state index is -1.20. The predicted octanol–water partition coefficient (Wildman–Crippen LogP) is 4.14. The molecule has 1 fully saturated rings. The summed E-state index contributed by atoms with van der Waals surface area (Å²) < 4.78 is 0. The van der Waals surface area contributed by atoms with Crippen LogP contribution in [-0.4, -0.2) is 33.6 Å². The molecule has 0 spiro atoms. The van der Waals surface area contributed by atoms with E-state index in [9.17, 15) is 5.11 Å². The van der Waals surface area contributed by atoms with E-state index in [-0.39, 0.29) is 0 Å². The molecule has 3 nitrogen and oxygen atoms in total. The number of piperidine rings is 1. The molecule has 25 heavy (non-hydrogen) atoms. The van der Waals surface area contributed by atoms with Crippen molar-refractivity contribution in [2.45, 2.75) is 50.8 Å². The van der Waals surface area contributed by atoms with Gasteiger partial charge in [0.1, 0.15) is 5.60 Å². The van der Waals surface area contributed by atoms with E-state index in [4.69, 9.17) is 0 Å². The fourth-order valence-corrected chi connectivity index (χ4v) is 3.79. The number of aromatic nitrogens is 1. The van der Waals surface area contributed by atoms with E-state index in [2.05, 4.69) is 29.8 Å². The van der Waals surface area contributed by atoms with Crippen molar-refractivity contribution in [3.63, 3.8) is 0 Å². The second-order valence-electron chi connectivity index (χ2n) is 7.08. The van der Waals surface area contributed by atoms with E-state index in [1.54, 1.807) is 6.20 Å². The molecule has 3 rings (SSSR count). The van der Waals surface area contributed by atoms with Crippen molar-refractivity contribution in [2.24, 2.45) is 0 Å². The number of aliphatic hydroxyl groups is 1. The summed E-state index contributed by atoms with van der Waals surface area (Å²) in [5.74, 6) is 0. The number of benzene rings is 1. The third kappa shape index (κ3) is 4.00. The van der Waals surface area contributed by atoms with Gasteiger partial charge in [0.2, 0.25) is 0 Å². The molecule has 0 bridgehead atoms. The number of hydrogen-bond donors (Lipinski definition) is 1. The molecule has 3 atom stereocenters. The summed E-state index contributed by atoms with van der Waals surface area (Å²) in [6.07, 6.45) is 9.54. The third-order valence-electron chi connectivity index (χ3n) is 5.32. The SMILES string of the molecule is C[C@@H]1CCC[C@@H](C)N1C/C=C/[C@@](O)(c1ccccc1)c1ccccn1. The fourth-order valence-electron chi connectivity index (χ4n) is 3.79. The van der Waals surface area contributed by atoms with Gasteiger partial charge in [-0.25, -0.2) is 0 Å². The average molecular weight is 336 g/mol. The van der Waals surface area contributed by atoms with Gasteiger partial charge in [0.25, 0.3) is 0 Å². The van der Waals surface area contributed by atoms with Crippen molar-refractivity contribution >= 4 is 0 Å². The molecule has 0 saturated carbocycles. The molecule has 1 aliphatic heterocycles. The van der Waals surface area contributed by atoms with Crippen molar-refractivity contribution in [2.75, 3.05) is 6.54 Å². The Balaban J connectivity index is 1.86. The molecule has 0 radical (unpaired) electrons. The molecule has 3 heteroatoms. The Morgan fingerprint density at radius 1 is 1.08 bits per heavy atom. The molecule has 0 aliphatic carbocycles. The Morgan fingerprint density at radius 2 is 1.76 bits per heavy atom. The van der Waals surface area contributed by atoms with Crippen molar-refractivity contribution in [3.8, 4) is 0 Å². The molecule has 1 aliphatic rings. The Morgan fingerprint density at radius 3 is 2.40 bits per heavy atom. The van der Waals surface area contributed by atoms with Crippen molar-refractivity contribution in [1.29, 1.82) is 0 Å². The van der Waals surface area contributed by atoms with Crippen LogP contribution in [0.25, 0.3) is 0 Å². The first kappa shape index (κ1) is 17.8. The van der Waals surface area contributed by atoms with Crippen LogP contribution in [0.1, 0.15) is 44.4 Å². The largest absolute Gasteiger partial charge is 0.375 e. The second kappa shape index (κ2) is 7.94. The van der Waals surface area contributed by atoms with Crippen molar-refractivity contribution < 1.29 is 5.11 Å². The van der Waals surface area contributed by atoms with Crippen molar-refractivity contribution in [1.82, 2.24) is 9.88 Å². The third-order valence-corrected chi connectivity index (χ3v) is 5.32. The van der Waals surface area contributed by atoms with E-state index < -0.39 is 5.60 Å². The topological polar surface area (TPSA) is 36.4 Å². The van der Waals surface area contributed by atoms with Crippen LogP contribution in [-0.2, 0) is 5.60 Å². The molecule has 132 valence electrons. The zero-order valence-corrected chi connectivity index (χ0v) is 15.2. The minimum Gasteiger partial charge on any atom is -0.375 e. The van der Waals surface area contributed by atoms with Crippen LogP contribution in [0.4, 0.5) is 0 Å². The lowest BCUT2D eigenvalue weighted by molar-refractivity contribution is 0.113. The summed E-state index contributed by atoms with van der Waals surface area (Å²) in [5.41, 5.74) is 0.284. The summed E-state index contributed by atoms with van der Waals surface area (Å²) in [5, 5.41) is 11.4. The maximum absolute atomic E-state index is 11.4. The molecule has 1 aromatic heterocycles. The van der Waals surface area contributed by atoms with E-state index in [1.165, 1.54) is 19.3 Å². The van der Waals surface area contributed by atoms with Crippen LogP contribution < -0.4 is 0 Å². The number of hydrogen-bond acceptors (Lipinski definition) is 3. The van der Waals surface area contributed by atoms with Crippen LogP contribution in [0.3, 0.4) is 0 Å². The van der Waals surface area contributed by atoms with E-state index in [0.717, 1.165) is 12.1 Å². The Labute approximate surface area is 151 Å². The molecule has 1 saturated heterocycles. The second-order valence-corrected chi connectivity index (χ2v) is 7.08. The highest BCUT2D eigenvalue weighted by Gasteiger charge is 2.30. The molecule has 1 N–H and O–H groups in total. The van der Waals surface area contributed by atoms with Crippen molar-refractivity contribution in [3.05, 3.63) is 78.1 Å². The van der Waals surface area contributed by atoms with Gasteiger partial charge < -0.3 is 5.11 Å². The van der Waals surface area contributed by atoms with Gasteiger partial charge in [-0.3, -0.25) is 9.88 Å². The van der Waals surface area contributed by atoms with Gasteiger partial charge in [0.05, 0.1) is 5.69 Å². The summed E-state index contributed by atoms with van der Waals surface area (Å²) in [7, 11) is 0. The zero-order chi connectivity index (χ0) is 17.7. The molecule has 0 amide bonds. The van der Waals surface area contributed by atoms with E-state index >= 15 is 0 Å². The number of rotatable bonds is 5. The maximum atomic E-state index is 11.4. The molecule has 0 unspecified atom stereocenters. The number of likely N-dealkylation sites (tertiary alicyclic amines) is 1. The van der Waals surface area contributed by atoms with Gasteiger partial charge in [-0.2, -0.15) is 0 Å². The van der Waals surface area contributed by atoms with Gasteiger partial charge in [0.15, 0.2) is 0 Å². The monoisotopic (exact) mass is 336 g/mol. The lowest BCUT2D eigenvalue weighted by Crippen LogP contribution is -2.43. The van der Waals surface area contributed by atoms with Crippen LogP contribution in [0.5, 0.6) is 0 Å². The molecular weight excluding hydrogens is 308 g/mol. The fraction of sp³-hybridized carbons (Fsp3) is 0.409. The van der Waals surface area contributed by atoms with Gasteiger partial charge in [-0.1, -0.05) is 48.9 Å². The number of pyridine rings is 1. The zero-order valence-electron chi connectivity index (χ0n) is 15.2. The van der Waals surface area contributed by atoms with Crippen LogP contribution in [0, 0.1) is 0 Å². The Kier molecular flexibility index (Phi) is 5.67. The first-order valence-electron chi connectivity index (χ1n) is 9.24. The van der Waals surface area contributed by atoms with Gasteiger partial charge in [-0.05, 0) is 50.5 Å². The summed E-state index contributed by atoms with van der Waals surface area (Å²) >= 11 is 0. The quantitative estimate of drug-likeness (QED) is 0.834. The maximum Gasteiger partial charge on any atom is 0.150 e. The lowest BCUT2D eigenvalue weighted by atomic mass is 9.89. The Hall–Kier alpha value is -1.97. The van der Waals surface area contributed by atoms with Crippen LogP contribution >= 0.6 is 0 Å². The smallest absolute Gasteiger partial charge is 0.150 e. The highest BCUT2D eigenvalue weighted by atomic mass is 16.3.